The summed E-state index contributed by atoms with van der Waals surface area (Å²) in [6.45, 7) is 2.84. The number of hydrogen-bond acceptors (Lipinski definition) is 6. The van der Waals surface area contributed by atoms with Crippen LogP contribution < -0.4 is 5.32 Å². The van der Waals surface area contributed by atoms with Crippen LogP contribution in [0.5, 0.6) is 0 Å². The molecule has 0 aliphatic carbocycles. The van der Waals surface area contributed by atoms with Gasteiger partial charge in [0.05, 0.1) is 23.6 Å². The van der Waals surface area contributed by atoms with Gasteiger partial charge in [0.1, 0.15) is 23.1 Å². The van der Waals surface area contributed by atoms with Gasteiger partial charge in [0.25, 0.3) is 0 Å². The third-order valence-electron chi connectivity index (χ3n) is 4.26. The molecule has 3 aromatic rings. The molecule has 1 saturated heterocycles. The third kappa shape index (κ3) is 2.82. The zero-order chi connectivity index (χ0) is 15.8. The minimum Gasteiger partial charge on any atom is -0.372 e. The highest BCUT2D eigenvalue weighted by Gasteiger charge is 2.26. The number of thiophene rings is 1. The fourth-order valence-corrected chi connectivity index (χ4v) is 3.94. The first-order valence-electron chi connectivity index (χ1n) is 7.76. The first kappa shape index (κ1) is 14.6. The lowest BCUT2D eigenvalue weighted by Gasteiger charge is -2.30. The summed E-state index contributed by atoms with van der Waals surface area (Å²) in [4.78, 5) is 15.3. The molecule has 0 amide bonds. The highest BCUT2D eigenvalue weighted by atomic mass is 32.1. The van der Waals surface area contributed by atoms with Gasteiger partial charge in [-0.3, -0.25) is 0 Å². The van der Waals surface area contributed by atoms with Gasteiger partial charge in [0.2, 0.25) is 0 Å². The van der Waals surface area contributed by atoms with E-state index in [1.165, 1.54) is 4.88 Å². The Balaban J connectivity index is 1.55. The van der Waals surface area contributed by atoms with Crippen molar-refractivity contribution >= 4 is 27.4 Å². The summed E-state index contributed by atoms with van der Waals surface area (Å²) < 4.78 is 7.96. The van der Waals surface area contributed by atoms with E-state index in [9.17, 15) is 0 Å². The van der Waals surface area contributed by atoms with Crippen LogP contribution in [0.15, 0.2) is 24.9 Å². The number of nitrogens with one attached hydrogen (secondary N) is 1. The molecule has 1 N–H and O–H groups in total. The van der Waals surface area contributed by atoms with Gasteiger partial charge in [-0.05, 0) is 25.8 Å². The van der Waals surface area contributed by atoms with Crippen LogP contribution in [0.2, 0.25) is 0 Å². The van der Waals surface area contributed by atoms with Crippen LogP contribution in [0.25, 0.3) is 10.2 Å². The number of aromatic nitrogens is 4. The zero-order valence-electron chi connectivity index (χ0n) is 13.2. The van der Waals surface area contributed by atoms with Gasteiger partial charge in [0, 0.05) is 24.6 Å². The average molecular weight is 329 g/mol. The number of nitrogens with zero attached hydrogens (tertiary/aromatic N) is 4. The molecule has 1 aliphatic rings. The number of aryl methyl sites for hydroxylation is 2. The number of fused-ring (bicyclic) bond motifs is 1. The minimum absolute atomic E-state index is 0.0790. The maximum atomic E-state index is 5.93. The number of hydrogen-bond donors (Lipinski definition) is 1. The molecule has 23 heavy (non-hydrogen) atoms. The lowest BCUT2D eigenvalue weighted by molar-refractivity contribution is 0.00556. The van der Waals surface area contributed by atoms with Gasteiger partial charge >= 0.3 is 0 Å². The molecule has 1 fully saturated rings. The summed E-state index contributed by atoms with van der Waals surface area (Å²) in [5, 5.41) is 4.70. The Bertz CT molecular complexity index is 827. The molecular weight excluding hydrogens is 310 g/mol. The molecule has 3 aromatic heterocycles. The monoisotopic (exact) mass is 329 g/mol. The van der Waals surface area contributed by atoms with Gasteiger partial charge in [-0.2, -0.15) is 0 Å². The standard InChI is InChI=1S/C16H19N5OS/c1-10-5-12-15(18-8-19-16(12)23-10)20-11-3-4-22-14(6-11)13-7-17-9-21(13)2/h5,7-9,11,14H,3-4,6H2,1-2H3,(H,18,19,20)/t11-,14+/m1/s1. The van der Waals surface area contributed by atoms with Crippen molar-refractivity contribution in [2.24, 2.45) is 7.05 Å². The van der Waals surface area contributed by atoms with E-state index < -0.39 is 0 Å². The first-order chi connectivity index (χ1) is 11.2. The predicted octanol–water partition coefficient (Wildman–Crippen LogP) is 3.07. The van der Waals surface area contributed by atoms with E-state index >= 15 is 0 Å². The molecule has 0 bridgehead atoms. The second-order valence-electron chi connectivity index (χ2n) is 5.95. The van der Waals surface area contributed by atoms with Crippen molar-refractivity contribution in [3.63, 3.8) is 0 Å². The van der Waals surface area contributed by atoms with Gasteiger partial charge in [-0.15, -0.1) is 11.3 Å². The van der Waals surface area contributed by atoms with Gasteiger partial charge < -0.3 is 14.6 Å². The molecule has 120 valence electrons. The van der Waals surface area contributed by atoms with Crippen LogP contribution in [-0.4, -0.2) is 32.2 Å². The number of ether oxygens (including phenoxy) is 1. The highest BCUT2D eigenvalue weighted by molar-refractivity contribution is 7.18. The van der Waals surface area contributed by atoms with Gasteiger partial charge in [-0.1, -0.05) is 0 Å². The Morgan fingerprint density at radius 3 is 3.13 bits per heavy atom. The minimum atomic E-state index is 0.0790. The zero-order valence-corrected chi connectivity index (χ0v) is 14.0. The lowest BCUT2D eigenvalue weighted by Crippen LogP contribution is -2.31. The van der Waals surface area contributed by atoms with Gasteiger partial charge in [-0.25, -0.2) is 15.0 Å². The fraction of sp³-hybridized carbons (Fsp3) is 0.438. The van der Waals surface area contributed by atoms with E-state index in [0.717, 1.165) is 41.2 Å². The van der Waals surface area contributed by atoms with Crippen LogP contribution >= 0.6 is 11.3 Å². The number of anilines is 1. The fourth-order valence-electron chi connectivity index (χ4n) is 3.10. The Kier molecular flexibility index (Phi) is 3.74. The summed E-state index contributed by atoms with van der Waals surface area (Å²) in [6.07, 6.45) is 7.31. The second kappa shape index (κ2) is 5.90. The maximum absolute atomic E-state index is 5.93. The summed E-state index contributed by atoms with van der Waals surface area (Å²) >= 11 is 1.70. The molecular formula is C16H19N5OS. The van der Waals surface area contributed by atoms with E-state index in [1.54, 1.807) is 17.7 Å². The van der Waals surface area contributed by atoms with Crippen LogP contribution in [0.3, 0.4) is 0 Å². The Morgan fingerprint density at radius 2 is 2.30 bits per heavy atom. The first-order valence-corrected chi connectivity index (χ1v) is 8.58. The molecule has 6 nitrogen and oxygen atoms in total. The van der Waals surface area contributed by atoms with Crippen LogP contribution in [0, 0.1) is 6.92 Å². The van der Waals surface area contributed by atoms with E-state index in [2.05, 4.69) is 33.3 Å². The summed E-state index contributed by atoms with van der Waals surface area (Å²) in [5.41, 5.74) is 1.12. The van der Waals surface area contributed by atoms with Crippen molar-refractivity contribution < 1.29 is 4.74 Å². The molecule has 1 aliphatic heterocycles. The number of rotatable bonds is 3. The van der Waals surface area contributed by atoms with Crippen LogP contribution in [0.1, 0.15) is 29.5 Å². The molecule has 0 spiro atoms. The maximum Gasteiger partial charge on any atom is 0.138 e. The van der Waals surface area contributed by atoms with Crippen molar-refractivity contribution in [2.45, 2.75) is 31.9 Å². The Hall–Kier alpha value is -1.99. The Morgan fingerprint density at radius 1 is 1.39 bits per heavy atom. The SMILES string of the molecule is Cc1cc2c(N[C@@H]3CCO[C@H](c4cncn4C)C3)ncnc2s1. The van der Waals surface area contributed by atoms with Crippen molar-refractivity contribution in [2.75, 3.05) is 11.9 Å². The van der Waals surface area contributed by atoms with Crippen molar-refractivity contribution in [3.8, 4) is 0 Å². The summed E-state index contributed by atoms with van der Waals surface area (Å²) in [7, 11) is 2.00. The van der Waals surface area contributed by atoms with Crippen molar-refractivity contribution in [3.05, 3.63) is 35.5 Å². The number of imidazole rings is 1. The molecule has 4 rings (SSSR count). The Labute approximate surface area is 138 Å². The molecule has 0 aromatic carbocycles. The normalized spacial score (nSPS) is 21.7. The van der Waals surface area contributed by atoms with E-state index in [-0.39, 0.29) is 6.10 Å². The molecule has 7 heteroatoms. The quantitative estimate of drug-likeness (QED) is 0.800. The third-order valence-corrected chi connectivity index (χ3v) is 5.22. The van der Waals surface area contributed by atoms with E-state index in [1.807, 2.05) is 24.1 Å². The molecule has 0 saturated carbocycles. The smallest absolute Gasteiger partial charge is 0.138 e. The molecule has 0 unspecified atom stereocenters. The molecule has 2 atom stereocenters. The largest absolute Gasteiger partial charge is 0.372 e. The molecule has 4 heterocycles. The van der Waals surface area contributed by atoms with Gasteiger partial charge in [0.15, 0.2) is 0 Å². The average Bonchev–Trinajstić information content (AvgIpc) is 3.13. The lowest BCUT2D eigenvalue weighted by atomic mass is 10.0. The van der Waals surface area contributed by atoms with Crippen molar-refractivity contribution in [1.82, 2.24) is 19.5 Å². The van der Waals surface area contributed by atoms with E-state index in [0.29, 0.717) is 6.04 Å². The van der Waals surface area contributed by atoms with Crippen LogP contribution in [0.4, 0.5) is 5.82 Å². The van der Waals surface area contributed by atoms with Crippen molar-refractivity contribution in [1.29, 1.82) is 0 Å². The highest BCUT2D eigenvalue weighted by Crippen LogP contribution is 2.32. The predicted molar refractivity (Wildman–Crippen MR) is 90.7 cm³/mol. The summed E-state index contributed by atoms with van der Waals surface area (Å²) in [5.74, 6) is 0.926. The molecule has 0 radical (unpaired) electrons. The topological polar surface area (TPSA) is 64.9 Å². The summed E-state index contributed by atoms with van der Waals surface area (Å²) in [6, 6.07) is 2.49. The van der Waals surface area contributed by atoms with E-state index in [4.69, 9.17) is 4.74 Å². The second-order valence-corrected chi connectivity index (χ2v) is 7.19. The van der Waals surface area contributed by atoms with Crippen LogP contribution in [-0.2, 0) is 11.8 Å².